The van der Waals surface area contributed by atoms with Crippen molar-refractivity contribution in [1.82, 2.24) is 9.66 Å². The van der Waals surface area contributed by atoms with Crippen LogP contribution in [0.1, 0.15) is 19.4 Å². The van der Waals surface area contributed by atoms with Gasteiger partial charge in [0.15, 0.2) is 17.3 Å². The Labute approximate surface area is 229 Å². The molecule has 0 saturated carbocycles. The van der Waals surface area contributed by atoms with Crippen molar-refractivity contribution < 1.29 is 18.7 Å². The second-order valence-electron chi connectivity index (χ2n) is 7.96. The average molecular weight is 628 g/mol. The Bertz CT molecular complexity index is 1760. The quantitative estimate of drug-likeness (QED) is 0.0953. The van der Waals surface area contributed by atoms with Gasteiger partial charge in [0.05, 0.1) is 27.3 Å². The first-order chi connectivity index (χ1) is 17.8. The van der Waals surface area contributed by atoms with Crippen LogP contribution in [0.25, 0.3) is 33.5 Å². The van der Waals surface area contributed by atoms with Gasteiger partial charge in [0.25, 0.3) is 5.56 Å². The number of aromatic nitrogens is 2. The summed E-state index contributed by atoms with van der Waals surface area (Å²) in [4.78, 5) is 29.7. The molecule has 0 aliphatic rings. The van der Waals surface area contributed by atoms with E-state index in [0.717, 1.165) is 5.39 Å². The van der Waals surface area contributed by atoms with Crippen molar-refractivity contribution >= 4 is 68.2 Å². The number of rotatable bonds is 6. The summed E-state index contributed by atoms with van der Waals surface area (Å²) in [5.41, 5.74) is 1.40. The number of halogens is 2. The molecule has 10 heteroatoms. The molecule has 0 fully saturated rings. The smallest absolute Gasteiger partial charge is 0.308 e. The van der Waals surface area contributed by atoms with Gasteiger partial charge in [-0.05, 0) is 83.6 Å². The minimum absolute atomic E-state index is 0.239. The van der Waals surface area contributed by atoms with Gasteiger partial charge in [-0.2, -0.15) is 9.78 Å². The molecule has 0 atom stereocenters. The minimum atomic E-state index is -0.453. The van der Waals surface area contributed by atoms with Crippen molar-refractivity contribution in [2.45, 2.75) is 13.8 Å². The van der Waals surface area contributed by atoms with Gasteiger partial charge in [-0.3, -0.25) is 9.59 Å². The molecule has 0 aliphatic carbocycles. The third kappa shape index (κ3) is 5.09. The Kier molecular flexibility index (Phi) is 6.98. The number of carbonyl (C=O) groups excluding carboxylic acids is 1. The molecule has 3 aromatic carbocycles. The van der Waals surface area contributed by atoms with Crippen LogP contribution >= 0.6 is 34.2 Å². The maximum Gasteiger partial charge on any atom is 0.308 e. The molecule has 37 heavy (non-hydrogen) atoms. The van der Waals surface area contributed by atoms with Crippen molar-refractivity contribution in [3.63, 3.8) is 0 Å². The highest BCUT2D eigenvalue weighted by Crippen LogP contribution is 2.34. The van der Waals surface area contributed by atoms with E-state index in [9.17, 15) is 9.59 Å². The first kappa shape index (κ1) is 25.0. The highest BCUT2D eigenvalue weighted by Gasteiger charge is 2.17. The predicted octanol–water partition coefficient (Wildman–Crippen LogP) is 6.27. The van der Waals surface area contributed by atoms with Crippen LogP contribution in [0.15, 0.2) is 75.0 Å². The number of benzene rings is 3. The molecule has 186 valence electrons. The molecular weight excluding hydrogens is 609 g/mol. The SMILES string of the molecule is CCOc1cc(C=Nn2c(-c3cc4cc(Cl)ccc4o3)nc3ccccc3c2=O)cc(I)c1OC(C)=O. The summed E-state index contributed by atoms with van der Waals surface area (Å²) >= 11 is 8.20. The van der Waals surface area contributed by atoms with E-state index in [1.165, 1.54) is 17.8 Å². The lowest BCUT2D eigenvalue weighted by Gasteiger charge is -2.12. The van der Waals surface area contributed by atoms with Gasteiger partial charge >= 0.3 is 5.97 Å². The van der Waals surface area contributed by atoms with E-state index in [2.05, 4.69) is 32.7 Å². The number of carbonyl (C=O) groups is 1. The zero-order chi connectivity index (χ0) is 26.1. The second kappa shape index (κ2) is 10.3. The predicted molar refractivity (Wildman–Crippen MR) is 151 cm³/mol. The van der Waals surface area contributed by atoms with Gasteiger partial charge in [0, 0.05) is 17.3 Å². The summed E-state index contributed by atoms with van der Waals surface area (Å²) in [6.07, 6.45) is 1.52. The Morgan fingerprint density at radius 3 is 2.78 bits per heavy atom. The number of para-hydroxylation sites is 1. The van der Waals surface area contributed by atoms with E-state index in [1.54, 1.807) is 54.6 Å². The van der Waals surface area contributed by atoms with Crippen LogP contribution in [0.4, 0.5) is 0 Å². The molecular formula is C27H19ClIN3O5. The van der Waals surface area contributed by atoms with Gasteiger partial charge in [-0.15, -0.1) is 0 Å². The third-order valence-corrected chi connectivity index (χ3v) is 6.39. The van der Waals surface area contributed by atoms with E-state index in [1.807, 2.05) is 13.0 Å². The number of ether oxygens (including phenoxy) is 2. The van der Waals surface area contributed by atoms with E-state index < -0.39 is 5.97 Å². The van der Waals surface area contributed by atoms with Crippen molar-refractivity contribution in [2.24, 2.45) is 5.10 Å². The molecule has 0 bridgehead atoms. The van der Waals surface area contributed by atoms with E-state index in [4.69, 9.17) is 25.5 Å². The number of furan rings is 1. The summed E-state index contributed by atoms with van der Waals surface area (Å²) in [7, 11) is 0. The maximum atomic E-state index is 13.5. The zero-order valence-corrected chi connectivity index (χ0v) is 22.6. The van der Waals surface area contributed by atoms with E-state index in [0.29, 0.717) is 54.5 Å². The topological polar surface area (TPSA) is 95.9 Å². The summed E-state index contributed by atoms with van der Waals surface area (Å²) in [6.45, 7) is 3.53. The zero-order valence-electron chi connectivity index (χ0n) is 19.7. The monoisotopic (exact) mass is 627 g/mol. The normalized spacial score (nSPS) is 11.5. The summed E-state index contributed by atoms with van der Waals surface area (Å²) < 4.78 is 18.9. The van der Waals surface area contributed by atoms with Crippen LogP contribution in [0.2, 0.25) is 5.02 Å². The fourth-order valence-corrected chi connectivity index (χ4v) is 4.72. The number of nitrogens with zero attached hydrogens (tertiary/aromatic N) is 3. The van der Waals surface area contributed by atoms with E-state index >= 15 is 0 Å². The molecule has 0 aliphatic heterocycles. The second-order valence-corrected chi connectivity index (χ2v) is 9.56. The lowest BCUT2D eigenvalue weighted by Crippen LogP contribution is -2.20. The van der Waals surface area contributed by atoms with Gasteiger partial charge in [0.2, 0.25) is 5.82 Å². The third-order valence-electron chi connectivity index (χ3n) is 5.35. The largest absolute Gasteiger partial charge is 0.490 e. The lowest BCUT2D eigenvalue weighted by atomic mass is 10.2. The van der Waals surface area contributed by atoms with Crippen LogP contribution in [-0.2, 0) is 4.79 Å². The van der Waals surface area contributed by atoms with Crippen LogP contribution in [0.5, 0.6) is 11.5 Å². The molecule has 2 heterocycles. The fourth-order valence-electron chi connectivity index (χ4n) is 3.81. The molecule has 2 aromatic heterocycles. The standard InChI is InChI=1S/C27H19ClIN3O5/c1-3-35-23-11-16(10-20(29)25(23)36-15(2)33)14-30-32-26(31-21-7-5-4-6-19(21)27(32)34)24-13-17-12-18(28)8-9-22(17)37-24/h4-14H,3H2,1-2H3. The number of hydrogen-bond donors (Lipinski definition) is 0. The highest BCUT2D eigenvalue weighted by atomic mass is 127. The fraction of sp³-hybridized carbons (Fsp3) is 0.111. The number of fused-ring (bicyclic) bond motifs is 2. The summed E-state index contributed by atoms with van der Waals surface area (Å²) in [5.74, 6) is 0.879. The molecule has 0 amide bonds. The molecule has 0 radical (unpaired) electrons. The van der Waals surface area contributed by atoms with Crippen molar-refractivity contribution in [1.29, 1.82) is 0 Å². The van der Waals surface area contributed by atoms with Gasteiger partial charge in [-0.25, -0.2) is 4.98 Å². The molecule has 0 N–H and O–H groups in total. The van der Waals surface area contributed by atoms with Crippen LogP contribution < -0.4 is 15.0 Å². The first-order valence-electron chi connectivity index (χ1n) is 11.2. The summed E-state index contributed by atoms with van der Waals surface area (Å²) in [5, 5.41) is 6.24. The van der Waals surface area contributed by atoms with Crippen LogP contribution in [-0.4, -0.2) is 28.5 Å². The Balaban J connectivity index is 1.66. The Hall–Kier alpha value is -3.70. The van der Waals surface area contributed by atoms with Crippen molar-refractivity contribution in [2.75, 3.05) is 6.61 Å². The Morgan fingerprint density at radius 2 is 2.00 bits per heavy atom. The maximum absolute atomic E-state index is 13.5. The molecule has 5 rings (SSSR count). The van der Waals surface area contributed by atoms with Crippen LogP contribution in [0, 0.1) is 3.57 Å². The molecule has 0 spiro atoms. The van der Waals surface area contributed by atoms with Gasteiger partial charge in [0.1, 0.15) is 5.58 Å². The average Bonchev–Trinajstić information content (AvgIpc) is 3.28. The lowest BCUT2D eigenvalue weighted by molar-refractivity contribution is -0.132. The molecule has 0 unspecified atom stereocenters. The van der Waals surface area contributed by atoms with Crippen molar-refractivity contribution in [3.05, 3.63) is 85.2 Å². The molecule has 0 saturated heterocycles. The number of esters is 1. The molecule has 5 aromatic rings. The van der Waals surface area contributed by atoms with Gasteiger partial charge < -0.3 is 13.9 Å². The van der Waals surface area contributed by atoms with Crippen LogP contribution in [0.3, 0.4) is 0 Å². The number of hydrogen-bond acceptors (Lipinski definition) is 7. The van der Waals surface area contributed by atoms with Crippen molar-refractivity contribution in [3.8, 4) is 23.1 Å². The first-order valence-corrected chi connectivity index (χ1v) is 12.7. The highest BCUT2D eigenvalue weighted by molar-refractivity contribution is 14.1. The minimum Gasteiger partial charge on any atom is -0.490 e. The Morgan fingerprint density at radius 1 is 1.19 bits per heavy atom. The van der Waals surface area contributed by atoms with E-state index in [-0.39, 0.29) is 11.4 Å². The molecule has 8 nitrogen and oxygen atoms in total. The summed E-state index contributed by atoms with van der Waals surface area (Å²) in [6, 6.07) is 17.5. The van der Waals surface area contributed by atoms with Gasteiger partial charge in [-0.1, -0.05) is 23.7 Å².